The van der Waals surface area contributed by atoms with Crippen LogP contribution >= 0.6 is 0 Å². The predicted molar refractivity (Wildman–Crippen MR) is 154 cm³/mol. The van der Waals surface area contributed by atoms with Gasteiger partial charge in [-0.3, -0.25) is 14.4 Å². The fourth-order valence-electron chi connectivity index (χ4n) is 6.85. The van der Waals surface area contributed by atoms with Crippen molar-refractivity contribution in [1.29, 1.82) is 0 Å². The van der Waals surface area contributed by atoms with Crippen molar-refractivity contribution in [2.45, 2.75) is 11.8 Å². The quantitative estimate of drug-likeness (QED) is 0.267. The van der Waals surface area contributed by atoms with Crippen molar-refractivity contribution in [3.8, 4) is 5.75 Å². The first-order chi connectivity index (χ1) is 20.5. The van der Waals surface area contributed by atoms with Crippen molar-refractivity contribution in [2.75, 3.05) is 23.9 Å². The Morgan fingerprint density at radius 1 is 0.738 bits per heavy atom. The predicted octanol–water partition coefficient (Wildman–Crippen LogP) is 4.89. The van der Waals surface area contributed by atoms with Gasteiger partial charge < -0.3 is 14.8 Å². The number of hydrogen-bond donors (Lipinski definition) is 1. The number of ether oxygens (including phenoxy) is 2. The van der Waals surface area contributed by atoms with Gasteiger partial charge >= 0.3 is 5.97 Å². The van der Waals surface area contributed by atoms with E-state index in [2.05, 4.69) is 29.6 Å². The molecule has 0 aromatic heterocycles. The van der Waals surface area contributed by atoms with E-state index in [-0.39, 0.29) is 29.2 Å². The van der Waals surface area contributed by atoms with Gasteiger partial charge in [0.2, 0.25) is 11.8 Å². The Morgan fingerprint density at radius 3 is 1.86 bits per heavy atom. The molecule has 1 N–H and O–H groups in total. The number of hydrogen-bond acceptors (Lipinski definition) is 6. The van der Waals surface area contributed by atoms with Gasteiger partial charge in [0.1, 0.15) is 5.75 Å². The number of nitrogens with zero attached hydrogens (tertiary/aromatic N) is 1. The number of methoxy groups -OCH3 is 1. The molecule has 3 amide bonds. The van der Waals surface area contributed by atoms with Gasteiger partial charge in [-0.05, 0) is 52.6 Å². The van der Waals surface area contributed by atoms with Gasteiger partial charge in [-0.25, -0.2) is 9.69 Å². The van der Waals surface area contributed by atoms with Crippen LogP contribution in [0, 0.1) is 11.8 Å². The summed E-state index contributed by atoms with van der Waals surface area (Å²) in [4.78, 5) is 54.6. The summed E-state index contributed by atoms with van der Waals surface area (Å²) in [5.41, 5.74) is 5.25. The van der Waals surface area contributed by atoms with Crippen molar-refractivity contribution >= 4 is 35.1 Å². The van der Waals surface area contributed by atoms with E-state index in [1.807, 2.05) is 24.3 Å². The first kappa shape index (κ1) is 25.7. The summed E-state index contributed by atoms with van der Waals surface area (Å²) in [6.07, 6.45) is 0. The van der Waals surface area contributed by atoms with Gasteiger partial charge in [-0.1, -0.05) is 66.7 Å². The molecule has 8 rings (SSSR count). The Balaban J connectivity index is 1.13. The standard InChI is InChI=1S/C34H26N2O6/c1-41-26-16-7-6-15-25(26)35-27(37)18-42-34(40)19-9-8-10-20(17-19)36-32(38)30-28-21-11-2-3-12-22(21)29(31(30)33(36)39)24-14-5-4-13-23(24)28/h2-17,28-31H,18H2,1H3,(H,35,37)/t28?,29?,30-,31-/m1/s1. The SMILES string of the molecule is COc1ccccc1NC(=O)COC(=O)c1cccc(N2C(=O)[C@@H]3C4c5ccccc5C(c5ccccc54)[C@H]3C2=O)c1. The van der Waals surface area contributed by atoms with Crippen molar-refractivity contribution in [3.63, 3.8) is 0 Å². The molecule has 0 spiro atoms. The fourth-order valence-corrected chi connectivity index (χ4v) is 6.85. The number of nitrogens with one attached hydrogen (secondary N) is 1. The zero-order valence-electron chi connectivity index (χ0n) is 22.7. The van der Waals surface area contributed by atoms with Gasteiger partial charge in [-0.2, -0.15) is 0 Å². The molecule has 2 bridgehead atoms. The number of imide groups is 1. The zero-order chi connectivity index (χ0) is 29.0. The van der Waals surface area contributed by atoms with Gasteiger partial charge in [0.15, 0.2) is 6.61 Å². The van der Waals surface area contributed by atoms with Crippen LogP contribution in [-0.2, 0) is 19.1 Å². The highest BCUT2D eigenvalue weighted by Crippen LogP contribution is 2.61. The lowest BCUT2D eigenvalue weighted by Gasteiger charge is -2.45. The van der Waals surface area contributed by atoms with E-state index in [0.29, 0.717) is 17.1 Å². The number of carbonyl (C=O) groups excluding carboxylic acids is 4. The summed E-state index contributed by atoms with van der Waals surface area (Å²) in [7, 11) is 1.49. The molecule has 1 aliphatic heterocycles. The molecule has 0 saturated carbocycles. The van der Waals surface area contributed by atoms with Gasteiger partial charge in [0, 0.05) is 11.8 Å². The van der Waals surface area contributed by atoms with E-state index < -0.39 is 30.3 Å². The first-order valence-corrected chi connectivity index (χ1v) is 13.7. The van der Waals surface area contributed by atoms with Crippen LogP contribution in [0.1, 0.15) is 44.4 Å². The Labute approximate surface area is 241 Å². The Hall–Kier alpha value is -5.24. The van der Waals surface area contributed by atoms with Gasteiger partial charge in [0.25, 0.3) is 5.91 Å². The average Bonchev–Trinajstić information content (AvgIpc) is 3.30. The molecule has 8 heteroatoms. The molecule has 3 aliphatic carbocycles. The van der Waals surface area contributed by atoms with E-state index in [4.69, 9.17) is 9.47 Å². The van der Waals surface area contributed by atoms with Crippen molar-refractivity contribution in [2.24, 2.45) is 11.8 Å². The van der Waals surface area contributed by atoms with Crippen molar-refractivity contribution in [3.05, 3.63) is 125 Å². The Bertz CT molecular complexity index is 1670. The monoisotopic (exact) mass is 558 g/mol. The summed E-state index contributed by atoms with van der Waals surface area (Å²) in [6.45, 7) is -0.521. The van der Waals surface area contributed by atoms with Crippen LogP contribution in [0.15, 0.2) is 97.1 Å². The van der Waals surface area contributed by atoms with Crippen LogP contribution in [0.5, 0.6) is 5.75 Å². The summed E-state index contributed by atoms with van der Waals surface area (Å²) >= 11 is 0. The van der Waals surface area contributed by atoms with E-state index >= 15 is 0 Å². The molecule has 1 saturated heterocycles. The summed E-state index contributed by atoms with van der Waals surface area (Å²) in [6, 6.07) is 29.2. The minimum Gasteiger partial charge on any atom is -0.495 e. The topological polar surface area (TPSA) is 102 Å². The maximum atomic E-state index is 14.0. The highest BCUT2D eigenvalue weighted by atomic mass is 16.5. The van der Waals surface area contributed by atoms with Crippen LogP contribution in [0.3, 0.4) is 0 Å². The molecule has 4 aliphatic rings. The normalized spacial score (nSPS) is 21.3. The number of anilines is 2. The highest BCUT2D eigenvalue weighted by molar-refractivity contribution is 6.23. The average molecular weight is 559 g/mol. The van der Waals surface area contributed by atoms with E-state index in [9.17, 15) is 19.2 Å². The minimum absolute atomic E-state index is 0.127. The molecular formula is C34H26N2O6. The second-order valence-electron chi connectivity index (χ2n) is 10.7. The van der Waals surface area contributed by atoms with E-state index in [1.54, 1.807) is 36.4 Å². The third-order valence-corrected chi connectivity index (χ3v) is 8.50. The molecule has 1 fully saturated rings. The van der Waals surface area contributed by atoms with Gasteiger partial charge in [-0.15, -0.1) is 0 Å². The Morgan fingerprint density at radius 2 is 1.29 bits per heavy atom. The lowest BCUT2D eigenvalue weighted by molar-refractivity contribution is -0.122. The molecule has 1 heterocycles. The molecule has 0 radical (unpaired) electrons. The molecule has 4 aromatic carbocycles. The lowest BCUT2D eigenvalue weighted by atomic mass is 9.55. The molecular weight excluding hydrogens is 532 g/mol. The van der Waals surface area contributed by atoms with Crippen LogP contribution in [0.4, 0.5) is 11.4 Å². The van der Waals surface area contributed by atoms with E-state index in [1.165, 1.54) is 24.1 Å². The van der Waals surface area contributed by atoms with E-state index in [0.717, 1.165) is 22.3 Å². The zero-order valence-corrected chi connectivity index (χ0v) is 22.7. The second-order valence-corrected chi connectivity index (χ2v) is 10.7. The van der Waals surface area contributed by atoms with Crippen LogP contribution in [0.2, 0.25) is 0 Å². The number of carbonyl (C=O) groups is 4. The maximum Gasteiger partial charge on any atom is 0.338 e. The summed E-state index contributed by atoms with van der Waals surface area (Å²) < 4.78 is 10.5. The minimum atomic E-state index is -0.747. The van der Waals surface area contributed by atoms with Crippen LogP contribution < -0.4 is 15.0 Å². The molecule has 2 atom stereocenters. The Kier molecular flexibility index (Phi) is 6.12. The largest absolute Gasteiger partial charge is 0.495 e. The second kappa shape index (κ2) is 9.99. The number of benzene rings is 4. The molecule has 208 valence electrons. The maximum absolute atomic E-state index is 14.0. The first-order valence-electron chi connectivity index (χ1n) is 13.7. The van der Waals surface area contributed by atoms with Gasteiger partial charge in [0.05, 0.1) is 35.9 Å². The van der Waals surface area contributed by atoms with Crippen LogP contribution in [0.25, 0.3) is 0 Å². The number of esters is 1. The lowest BCUT2D eigenvalue weighted by Crippen LogP contribution is -2.41. The third-order valence-electron chi connectivity index (χ3n) is 8.50. The number of amides is 3. The summed E-state index contributed by atoms with van der Waals surface area (Å²) in [5.74, 6) is -2.84. The highest BCUT2D eigenvalue weighted by Gasteiger charge is 2.61. The smallest absolute Gasteiger partial charge is 0.338 e. The molecule has 0 unspecified atom stereocenters. The number of para-hydroxylation sites is 2. The molecule has 8 nitrogen and oxygen atoms in total. The van der Waals surface area contributed by atoms with Crippen molar-refractivity contribution < 1.29 is 28.7 Å². The fraction of sp³-hybridized carbons (Fsp3) is 0.176. The third kappa shape index (κ3) is 3.90. The molecule has 42 heavy (non-hydrogen) atoms. The number of rotatable bonds is 6. The van der Waals surface area contributed by atoms with Crippen molar-refractivity contribution in [1.82, 2.24) is 0 Å². The molecule has 4 aromatic rings. The van der Waals surface area contributed by atoms with Crippen LogP contribution in [-0.4, -0.2) is 37.4 Å². The summed E-state index contributed by atoms with van der Waals surface area (Å²) in [5, 5.41) is 2.66.